The first-order valence-corrected chi connectivity index (χ1v) is 4.94. The lowest BCUT2D eigenvalue weighted by Crippen LogP contribution is -2.28. The van der Waals surface area contributed by atoms with Gasteiger partial charge in [-0.2, -0.15) is 0 Å². The fourth-order valence-corrected chi connectivity index (χ4v) is 1.89. The molecule has 0 unspecified atom stereocenters. The summed E-state index contributed by atoms with van der Waals surface area (Å²) in [5, 5.41) is 1.86. The number of nitrogens with zero attached hydrogens (tertiary/aromatic N) is 1. The number of pyridine rings is 1. The van der Waals surface area contributed by atoms with E-state index in [-0.39, 0.29) is 5.78 Å². The molecule has 0 atom stereocenters. The van der Waals surface area contributed by atoms with Gasteiger partial charge in [0.25, 0.3) is 0 Å². The van der Waals surface area contributed by atoms with Crippen LogP contribution in [0, 0.1) is 0 Å². The van der Waals surface area contributed by atoms with Crippen LogP contribution in [0.2, 0.25) is 0 Å². The second-order valence-corrected chi connectivity index (χ2v) is 3.66. The summed E-state index contributed by atoms with van der Waals surface area (Å²) in [6.07, 6.45) is 12.2. The summed E-state index contributed by atoms with van der Waals surface area (Å²) in [5.41, 5.74) is 1.76. The van der Waals surface area contributed by atoms with Gasteiger partial charge in [0.05, 0.1) is 5.35 Å². The maximum atomic E-state index is 11.6. The first kappa shape index (κ1) is 8.36. The quantitative estimate of drug-likeness (QED) is 0.603. The molecule has 0 aromatic carbocycles. The van der Waals surface area contributed by atoms with Crippen LogP contribution in [0.4, 0.5) is 0 Å². The predicted octanol–water partition coefficient (Wildman–Crippen LogP) is 0.507. The molecule has 2 aliphatic carbocycles. The molecule has 0 saturated carbocycles. The topological polar surface area (TPSA) is 30.0 Å². The molecule has 72 valence electrons. The standard InChI is InChI=1S/C13H9NO/c15-12-7-3-5-10-8-9-4-1-2-6-11(9)14-13(10)12/h1-3,5-8H,4H2. The van der Waals surface area contributed by atoms with Crippen LogP contribution in [0.25, 0.3) is 12.2 Å². The van der Waals surface area contributed by atoms with E-state index in [9.17, 15) is 4.79 Å². The van der Waals surface area contributed by atoms with Crippen molar-refractivity contribution in [3.8, 4) is 0 Å². The molecular formula is C13H9NO. The largest absolute Gasteiger partial charge is 0.288 e. The van der Waals surface area contributed by atoms with Crippen molar-refractivity contribution < 1.29 is 4.79 Å². The van der Waals surface area contributed by atoms with Gasteiger partial charge in [0.15, 0.2) is 0 Å². The van der Waals surface area contributed by atoms with Crippen molar-refractivity contribution in [2.24, 2.45) is 0 Å². The van der Waals surface area contributed by atoms with Gasteiger partial charge in [0, 0.05) is 5.22 Å². The molecule has 0 radical (unpaired) electrons. The Morgan fingerprint density at radius 3 is 3.07 bits per heavy atom. The van der Waals surface area contributed by atoms with Crippen LogP contribution >= 0.6 is 0 Å². The number of allylic oxidation sites excluding steroid dienone is 4. The van der Waals surface area contributed by atoms with E-state index in [1.165, 1.54) is 5.56 Å². The number of carbonyl (C=O) groups is 1. The van der Waals surface area contributed by atoms with Gasteiger partial charge in [-0.15, -0.1) is 0 Å². The summed E-state index contributed by atoms with van der Waals surface area (Å²) in [6, 6.07) is 2.05. The van der Waals surface area contributed by atoms with Gasteiger partial charge in [-0.1, -0.05) is 24.3 Å². The Kier molecular flexibility index (Phi) is 1.68. The van der Waals surface area contributed by atoms with Crippen LogP contribution in [0.5, 0.6) is 0 Å². The van der Waals surface area contributed by atoms with Crippen molar-refractivity contribution >= 4 is 17.9 Å². The van der Waals surface area contributed by atoms with Crippen LogP contribution in [0.3, 0.4) is 0 Å². The van der Waals surface area contributed by atoms with Gasteiger partial charge in [0.1, 0.15) is 5.69 Å². The minimum absolute atomic E-state index is 0.00162. The summed E-state index contributed by atoms with van der Waals surface area (Å²) >= 11 is 0. The van der Waals surface area contributed by atoms with E-state index in [0.717, 1.165) is 17.0 Å². The average molecular weight is 195 g/mol. The van der Waals surface area contributed by atoms with Gasteiger partial charge in [-0.25, -0.2) is 4.98 Å². The third-order valence-corrected chi connectivity index (χ3v) is 2.65. The molecule has 0 N–H and O–H groups in total. The summed E-state index contributed by atoms with van der Waals surface area (Å²) in [7, 11) is 0. The van der Waals surface area contributed by atoms with Crippen LogP contribution in [0.1, 0.15) is 16.1 Å². The van der Waals surface area contributed by atoms with Crippen molar-refractivity contribution in [3.05, 3.63) is 52.2 Å². The highest BCUT2D eigenvalue weighted by molar-refractivity contribution is 6.05. The second kappa shape index (κ2) is 3.02. The number of rotatable bonds is 0. The fourth-order valence-electron chi connectivity index (χ4n) is 1.89. The number of fused-ring (bicyclic) bond motifs is 2. The smallest absolute Gasteiger partial charge is 0.204 e. The molecule has 0 amide bonds. The third kappa shape index (κ3) is 1.26. The van der Waals surface area contributed by atoms with Gasteiger partial charge in [-0.3, -0.25) is 4.79 Å². The number of ketones is 1. The molecule has 2 nitrogen and oxygen atoms in total. The van der Waals surface area contributed by atoms with Crippen LogP contribution in [0.15, 0.2) is 30.4 Å². The van der Waals surface area contributed by atoms with E-state index in [2.05, 4.69) is 17.1 Å². The highest BCUT2D eigenvalue weighted by atomic mass is 16.1. The summed E-state index contributed by atoms with van der Waals surface area (Å²) in [6.45, 7) is 0. The van der Waals surface area contributed by atoms with Crippen molar-refractivity contribution in [1.82, 2.24) is 4.98 Å². The lowest BCUT2D eigenvalue weighted by molar-refractivity contribution is 0.104. The van der Waals surface area contributed by atoms with E-state index in [1.807, 2.05) is 18.2 Å². The molecule has 2 heteroatoms. The molecule has 1 heterocycles. The normalized spacial score (nSPS) is 16.4. The van der Waals surface area contributed by atoms with E-state index in [0.29, 0.717) is 5.69 Å². The minimum atomic E-state index is -0.00162. The maximum Gasteiger partial charge on any atom is 0.204 e. The zero-order chi connectivity index (χ0) is 10.3. The molecule has 2 aliphatic rings. The molecule has 0 saturated heterocycles. The molecule has 3 rings (SSSR count). The van der Waals surface area contributed by atoms with Gasteiger partial charge in [0.2, 0.25) is 5.78 Å². The minimum Gasteiger partial charge on any atom is -0.288 e. The molecule has 1 aromatic rings. The van der Waals surface area contributed by atoms with Gasteiger partial charge in [-0.05, 0) is 30.2 Å². The number of carbonyl (C=O) groups excluding carboxylic acids is 1. The van der Waals surface area contributed by atoms with E-state index >= 15 is 0 Å². The fraction of sp³-hybridized carbons (Fsp3) is 0.0769. The monoisotopic (exact) mass is 195 g/mol. The number of hydrogen-bond donors (Lipinski definition) is 0. The molecular weight excluding hydrogens is 186 g/mol. The highest BCUT2D eigenvalue weighted by Crippen LogP contribution is 2.01. The Balaban J connectivity index is 2.39. The summed E-state index contributed by atoms with van der Waals surface area (Å²) < 4.78 is 0. The summed E-state index contributed by atoms with van der Waals surface area (Å²) in [4.78, 5) is 16.0. The lowest BCUT2D eigenvalue weighted by Gasteiger charge is -2.07. The molecule has 0 aliphatic heterocycles. The van der Waals surface area contributed by atoms with Gasteiger partial charge < -0.3 is 0 Å². The zero-order valence-electron chi connectivity index (χ0n) is 8.10. The molecule has 15 heavy (non-hydrogen) atoms. The Hall–Kier alpha value is -1.96. The van der Waals surface area contributed by atoms with Crippen molar-refractivity contribution in [1.29, 1.82) is 0 Å². The Bertz CT molecular complexity index is 621. The highest BCUT2D eigenvalue weighted by Gasteiger charge is 2.11. The van der Waals surface area contributed by atoms with E-state index in [4.69, 9.17) is 0 Å². The van der Waals surface area contributed by atoms with E-state index < -0.39 is 0 Å². The Morgan fingerprint density at radius 1 is 1.20 bits per heavy atom. The lowest BCUT2D eigenvalue weighted by atomic mass is 10.0. The van der Waals surface area contributed by atoms with Gasteiger partial charge >= 0.3 is 0 Å². The number of aromatic nitrogens is 1. The molecule has 0 fully saturated rings. The van der Waals surface area contributed by atoms with Crippen molar-refractivity contribution in [3.63, 3.8) is 0 Å². The van der Waals surface area contributed by atoms with Crippen LogP contribution in [-0.4, -0.2) is 10.8 Å². The molecule has 1 aromatic heterocycles. The van der Waals surface area contributed by atoms with Crippen LogP contribution in [-0.2, 0) is 6.42 Å². The Morgan fingerprint density at radius 2 is 2.13 bits per heavy atom. The van der Waals surface area contributed by atoms with Crippen molar-refractivity contribution in [2.75, 3.05) is 0 Å². The number of hydrogen-bond acceptors (Lipinski definition) is 2. The average Bonchev–Trinajstić information content (AvgIpc) is 2.27. The van der Waals surface area contributed by atoms with E-state index in [1.54, 1.807) is 12.2 Å². The first-order chi connectivity index (χ1) is 7.34. The molecule has 0 spiro atoms. The first-order valence-electron chi connectivity index (χ1n) is 4.94. The third-order valence-electron chi connectivity index (χ3n) is 2.65. The van der Waals surface area contributed by atoms with Crippen LogP contribution < -0.4 is 10.6 Å². The van der Waals surface area contributed by atoms with Crippen molar-refractivity contribution in [2.45, 2.75) is 6.42 Å². The summed E-state index contributed by atoms with van der Waals surface area (Å²) in [5.74, 6) is -0.00162. The molecule has 0 bridgehead atoms. The Labute approximate surface area is 87.0 Å². The predicted molar refractivity (Wildman–Crippen MR) is 58.7 cm³/mol. The zero-order valence-corrected chi connectivity index (χ0v) is 8.10. The SMILES string of the molecule is O=C1C=CC=c2cc3c(nc21)=CC=CC3. The maximum absolute atomic E-state index is 11.6. The second-order valence-electron chi connectivity index (χ2n) is 3.66.